The number of aliphatic carboxylic acids is 2. The van der Waals surface area contributed by atoms with Crippen molar-refractivity contribution < 1.29 is 19.8 Å². The molecule has 1 aliphatic heterocycles. The molecule has 2 heterocycles. The molecule has 0 aliphatic carbocycles. The number of carboxylic acid groups (broad SMARTS) is 2. The van der Waals surface area contributed by atoms with Crippen molar-refractivity contribution in [3.8, 4) is 11.1 Å². The summed E-state index contributed by atoms with van der Waals surface area (Å²) in [5.74, 6) is -1.49. The second kappa shape index (κ2) is 9.76. The molecule has 2 aromatic rings. The second-order valence-electron chi connectivity index (χ2n) is 5.57. The van der Waals surface area contributed by atoms with Crippen molar-refractivity contribution in [2.24, 2.45) is 12.0 Å². The van der Waals surface area contributed by atoms with E-state index in [0.29, 0.717) is 12.2 Å². The summed E-state index contributed by atoms with van der Waals surface area (Å²) in [6, 6.07) is 8.26. The Morgan fingerprint density at radius 3 is 2.52 bits per heavy atom. The fraction of sp³-hybridized carbons (Fsp3) is 0.222. The van der Waals surface area contributed by atoms with Crippen molar-refractivity contribution in [1.82, 2.24) is 15.1 Å². The van der Waals surface area contributed by atoms with E-state index < -0.39 is 11.9 Å². The van der Waals surface area contributed by atoms with E-state index >= 15 is 0 Å². The maximum atomic E-state index is 9.55. The van der Waals surface area contributed by atoms with Gasteiger partial charge < -0.3 is 20.8 Å². The van der Waals surface area contributed by atoms with Crippen molar-refractivity contribution in [2.75, 3.05) is 25.0 Å². The van der Waals surface area contributed by atoms with Crippen LogP contribution in [0.2, 0.25) is 0 Å². The molecule has 9 heteroatoms. The van der Waals surface area contributed by atoms with Crippen LogP contribution < -0.4 is 10.6 Å². The molecule has 0 unspecified atom stereocenters. The number of benzene rings is 1. The van der Waals surface area contributed by atoms with E-state index in [1.807, 2.05) is 36.3 Å². The Labute approximate surface area is 156 Å². The lowest BCUT2D eigenvalue weighted by Crippen LogP contribution is -2.26. The highest BCUT2D eigenvalue weighted by atomic mass is 16.4. The average Bonchev–Trinajstić information content (AvgIpc) is 3.30. The smallest absolute Gasteiger partial charge is 0.328 e. The molecular weight excluding hydrogens is 350 g/mol. The van der Waals surface area contributed by atoms with Gasteiger partial charge in [0.1, 0.15) is 5.84 Å². The predicted molar refractivity (Wildman–Crippen MR) is 102 cm³/mol. The topological polar surface area (TPSA) is 129 Å². The van der Waals surface area contributed by atoms with Crippen LogP contribution in [0.15, 0.2) is 53.8 Å². The van der Waals surface area contributed by atoms with Crippen LogP contribution in [0.5, 0.6) is 0 Å². The molecule has 0 saturated carbocycles. The first-order valence-electron chi connectivity index (χ1n) is 8.18. The number of rotatable bonds is 6. The fourth-order valence-corrected chi connectivity index (χ4v) is 2.34. The maximum Gasteiger partial charge on any atom is 0.328 e. The molecule has 0 atom stereocenters. The second-order valence-corrected chi connectivity index (χ2v) is 5.57. The number of carbonyl (C=O) groups is 2. The molecule has 1 aromatic carbocycles. The third-order valence-corrected chi connectivity index (χ3v) is 3.50. The monoisotopic (exact) mass is 371 g/mol. The number of hydrogen-bond donors (Lipinski definition) is 4. The van der Waals surface area contributed by atoms with Gasteiger partial charge in [-0.3, -0.25) is 9.67 Å². The Morgan fingerprint density at radius 1 is 1.26 bits per heavy atom. The molecule has 0 amide bonds. The summed E-state index contributed by atoms with van der Waals surface area (Å²) in [5, 5.41) is 26.5. The van der Waals surface area contributed by atoms with E-state index in [2.05, 4.69) is 32.9 Å². The highest BCUT2D eigenvalue weighted by molar-refractivity contribution is 5.90. The van der Waals surface area contributed by atoms with Crippen molar-refractivity contribution in [3.63, 3.8) is 0 Å². The summed E-state index contributed by atoms with van der Waals surface area (Å²) in [6.07, 6.45) is 5.02. The largest absolute Gasteiger partial charge is 0.478 e. The van der Waals surface area contributed by atoms with E-state index in [0.717, 1.165) is 42.3 Å². The number of aliphatic imine (C=N–C) groups is 1. The number of aromatic nitrogens is 2. The maximum absolute atomic E-state index is 9.55. The number of amidine groups is 1. The Kier molecular flexibility index (Phi) is 7.12. The third-order valence-electron chi connectivity index (χ3n) is 3.50. The van der Waals surface area contributed by atoms with E-state index in [9.17, 15) is 9.59 Å². The summed E-state index contributed by atoms with van der Waals surface area (Å²) in [6.45, 7) is 2.56. The molecular formula is C18H21N5O4. The predicted octanol–water partition coefficient (Wildman–Crippen LogP) is 1.21. The van der Waals surface area contributed by atoms with Crippen LogP contribution in [0.4, 0.5) is 5.69 Å². The van der Waals surface area contributed by atoms with Crippen molar-refractivity contribution >= 4 is 23.5 Å². The Bertz CT molecular complexity index is 841. The summed E-state index contributed by atoms with van der Waals surface area (Å²) in [4.78, 5) is 23.5. The molecule has 0 spiro atoms. The quantitative estimate of drug-likeness (QED) is 0.562. The van der Waals surface area contributed by atoms with Crippen LogP contribution in [-0.4, -0.2) is 57.4 Å². The molecule has 1 aromatic heterocycles. The minimum absolute atomic E-state index is 0.558. The first-order chi connectivity index (χ1) is 13.0. The number of nitrogens with one attached hydrogen (secondary N) is 2. The van der Waals surface area contributed by atoms with Gasteiger partial charge in [-0.25, -0.2) is 9.59 Å². The van der Waals surface area contributed by atoms with E-state index in [-0.39, 0.29) is 0 Å². The molecule has 3 rings (SSSR count). The zero-order chi connectivity index (χ0) is 19.6. The zero-order valence-electron chi connectivity index (χ0n) is 14.8. The number of para-hydroxylation sites is 1. The lowest BCUT2D eigenvalue weighted by molar-refractivity contribution is -0.134. The van der Waals surface area contributed by atoms with Gasteiger partial charge in [0.05, 0.1) is 19.3 Å². The number of anilines is 1. The fourth-order valence-electron chi connectivity index (χ4n) is 2.34. The number of nitrogens with zero attached hydrogens (tertiary/aromatic N) is 3. The van der Waals surface area contributed by atoms with Crippen LogP contribution >= 0.6 is 0 Å². The van der Waals surface area contributed by atoms with Crippen LogP contribution in [-0.2, 0) is 16.6 Å². The van der Waals surface area contributed by atoms with Gasteiger partial charge in [0, 0.05) is 48.8 Å². The Hall–Kier alpha value is -3.62. The minimum atomic E-state index is -1.26. The van der Waals surface area contributed by atoms with Crippen LogP contribution in [0.25, 0.3) is 11.1 Å². The first kappa shape index (κ1) is 19.7. The van der Waals surface area contributed by atoms with Crippen LogP contribution in [0.3, 0.4) is 0 Å². The van der Waals surface area contributed by atoms with E-state index in [1.165, 1.54) is 0 Å². The minimum Gasteiger partial charge on any atom is -0.478 e. The van der Waals surface area contributed by atoms with E-state index in [4.69, 9.17) is 10.2 Å². The Balaban J connectivity index is 0.000000279. The van der Waals surface area contributed by atoms with Gasteiger partial charge in [-0.05, 0) is 6.07 Å². The third kappa shape index (κ3) is 6.65. The molecule has 1 aliphatic rings. The molecule has 0 saturated heterocycles. The van der Waals surface area contributed by atoms with Gasteiger partial charge in [0.15, 0.2) is 0 Å². The van der Waals surface area contributed by atoms with Crippen molar-refractivity contribution in [1.29, 1.82) is 0 Å². The van der Waals surface area contributed by atoms with Gasteiger partial charge in [-0.1, -0.05) is 18.2 Å². The van der Waals surface area contributed by atoms with Crippen LogP contribution in [0, 0.1) is 0 Å². The van der Waals surface area contributed by atoms with Crippen LogP contribution in [0.1, 0.15) is 0 Å². The van der Waals surface area contributed by atoms with Crippen molar-refractivity contribution in [2.45, 2.75) is 0 Å². The summed E-state index contributed by atoms with van der Waals surface area (Å²) >= 11 is 0. The molecule has 0 radical (unpaired) electrons. The molecule has 0 fully saturated rings. The molecule has 9 nitrogen and oxygen atoms in total. The normalized spacial score (nSPS) is 12.7. The zero-order valence-corrected chi connectivity index (χ0v) is 14.8. The van der Waals surface area contributed by atoms with E-state index in [1.54, 1.807) is 0 Å². The molecule has 142 valence electrons. The average molecular weight is 371 g/mol. The van der Waals surface area contributed by atoms with Gasteiger partial charge in [0.25, 0.3) is 0 Å². The summed E-state index contributed by atoms with van der Waals surface area (Å²) in [5.41, 5.74) is 3.38. The van der Waals surface area contributed by atoms with Gasteiger partial charge in [-0.15, -0.1) is 0 Å². The summed E-state index contributed by atoms with van der Waals surface area (Å²) < 4.78 is 1.81. The van der Waals surface area contributed by atoms with Gasteiger partial charge >= 0.3 is 11.9 Å². The number of aryl methyl sites for hydroxylation is 1. The number of hydrogen-bond acceptors (Lipinski definition) is 6. The highest BCUT2D eigenvalue weighted by Gasteiger charge is 2.08. The lowest BCUT2D eigenvalue weighted by atomic mass is 10.1. The van der Waals surface area contributed by atoms with Gasteiger partial charge in [-0.2, -0.15) is 5.10 Å². The standard InChI is InChI=1S/C14H17N5.C4H4O4/c1-19-10-11(8-18-19)12-4-2-3-5-13(12)17-9-14-15-6-7-16-14;5-3(6)1-2-4(7)8/h2-5,8,10,17H,6-7,9H2,1H3,(H,15,16);1-2H,(H,5,6)(H,7,8). The highest BCUT2D eigenvalue weighted by Crippen LogP contribution is 2.26. The molecule has 27 heavy (non-hydrogen) atoms. The summed E-state index contributed by atoms with van der Waals surface area (Å²) in [7, 11) is 1.93. The Morgan fingerprint density at radius 2 is 1.96 bits per heavy atom. The van der Waals surface area contributed by atoms with Crippen molar-refractivity contribution in [3.05, 3.63) is 48.8 Å². The molecule has 4 N–H and O–H groups in total. The lowest BCUT2D eigenvalue weighted by Gasteiger charge is -2.11. The first-order valence-corrected chi connectivity index (χ1v) is 8.18. The SMILES string of the molecule is Cn1cc(-c2ccccc2NCC2=NCCN2)cn1.O=C(O)C=CC(=O)O. The molecule has 0 bridgehead atoms. The van der Waals surface area contributed by atoms with Gasteiger partial charge in [0.2, 0.25) is 0 Å². The number of carboxylic acids is 2.